The number of thiophene rings is 1. The molecule has 15 heavy (non-hydrogen) atoms. The molecule has 80 valence electrons. The molecule has 2 heterocycles. The Morgan fingerprint density at radius 3 is 2.87 bits per heavy atom. The van der Waals surface area contributed by atoms with Crippen LogP contribution in [0.4, 0.5) is 0 Å². The lowest BCUT2D eigenvalue weighted by Crippen LogP contribution is -1.93. The predicted molar refractivity (Wildman–Crippen MR) is 59.9 cm³/mol. The van der Waals surface area contributed by atoms with Crippen molar-refractivity contribution >= 4 is 11.3 Å². The molecule has 4 nitrogen and oxygen atoms in total. The van der Waals surface area contributed by atoms with E-state index in [4.69, 9.17) is 10.5 Å². The maximum absolute atomic E-state index is 5.53. The molecule has 3 N–H and O–H groups in total. The molecule has 0 aliphatic carbocycles. The summed E-state index contributed by atoms with van der Waals surface area (Å²) in [6.45, 7) is 3.08. The number of rotatable bonds is 4. The Kier molecular flexibility index (Phi) is 3.03. The monoisotopic (exact) mass is 223 g/mol. The van der Waals surface area contributed by atoms with Crippen molar-refractivity contribution in [2.45, 2.75) is 20.1 Å². The number of nitrogens with zero attached hydrogens (tertiary/aromatic N) is 1. The molecule has 0 spiro atoms. The summed E-state index contributed by atoms with van der Waals surface area (Å²) in [5.41, 5.74) is 6.52. The average molecular weight is 223 g/mol. The molecule has 0 fully saturated rings. The van der Waals surface area contributed by atoms with Gasteiger partial charge in [0.25, 0.3) is 0 Å². The summed E-state index contributed by atoms with van der Waals surface area (Å²) in [6.07, 6.45) is 0. The molecule has 0 amide bonds. The van der Waals surface area contributed by atoms with Crippen molar-refractivity contribution in [1.82, 2.24) is 10.2 Å². The second-order valence-corrected chi connectivity index (χ2v) is 4.50. The van der Waals surface area contributed by atoms with Gasteiger partial charge in [0.15, 0.2) is 0 Å². The number of H-pyrrole nitrogens is 1. The number of aromatic nitrogens is 2. The maximum Gasteiger partial charge on any atom is 0.233 e. The van der Waals surface area contributed by atoms with Gasteiger partial charge in [0.05, 0.1) is 0 Å². The molecule has 0 bridgehead atoms. The van der Waals surface area contributed by atoms with Crippen molar-refractivity contribution in [1.29, 1.82) is 0 Å². The van der Waals surface area contributed by atoms with Gasteiger partial charge in [-0.2, -0.15) is 0 Å². The second kappa shape index (κ2) is 4.46. The molecule has 2 aromatic heterocycles. The van der Waals surface area contributed by atoms with E-state index in [1.54, 1.807) is 11.3 Å². The number of nitrogens with two attached hydrogens (primary N) is 1. The zero-order valence-corrected chi connectivity index (χ0v) is 9.30. The van der Waals surface area contributed by atoms with Gasteiger partial charge in [0, 0.05) is 28.1 Å². The van der Waals surface area contributed by atoms with Gasteiger partial charge in [-0.3, -0.25) is 5.10 Å². The van der Waals surface area contributed by atoms with Crippen LogP contribution in [-0.4, -0.2) is 10.2 Å². The first-order valence-electron chi connectivity index (χ1n) is 4.70. The van der Waals surface area contributed by atoms with Crippen molar-refractivity contribution in [3.8, 4) is 5.88 Å². The van der Waals surface area contributed by atoms with Gasteiger partial charge in [0.2, 0.25) is 5.88 Å². The first-order valence-corrected chi connectivity index (χ1v) is 5.52. The molecule has 0 radical (unpaired) electrons. The van der Waals surface area contributed by atoms with E-state index in [9.17, 15) is 0 Å². The van der Waals surface area contributed by atoms with Gasteiger partial charge in [-0.1, -0.05) is 0 Å². The van der Waals surface area contributed by atoms with Crippen LogP contribution in [-0.2, 0) is 13.2 Å². The molecule has 5 heteroatoms. The van der Waals surface area contributed by atoms with E-state index in [0.717, 1.165) is 10.6 Å². The summed E-state index contributed by atoms with van der Waals surface area (Å²) in [6, 6.07) is 5.93. The van der Waals surface area contributed by atoms with Crippen LogP contribution in [0.5, 0.6) is 5.88 Å². The Bertz CT molecular complexity index is 435. The molecule has 0 unspecified atom stereocenters. The van der Waals surface area contributed by atoms with Crippen LogP contribution in [0.15, 0.2) is 18.2 Å². The van der Waals surface area contributed by atoms with Crippen LogP contribution in [0.3, 0.4) is 0 Å². The molecule has 0 aromatic carbocycles. The summed E-state index contributed by atoms with van der Waals surface area (Å²) in [4.78, 5) is 2.34. The molecule has 0 atom stereocenters. The van der Waals surface area contributed by atoms with Gasteiger partial charge in [-0.15, -0.1) is 16.4 Å². The first kappa shape index (κ1) is 10.2. The normalized spacial score (nSPS) is 10.5. The first-order chi connectivity index (χ1) is 7.28. The van der Waals surface area contributed by atoms with E-state index >= 15 is 0 Å². The van der Waals surface area contributed by atoms with Crippen LogP contribution in [0.2, 0.25) is 0 Å². The quantitative estimate of drug-likeness (QED) is 0.831. The average Bonchev–Trinajstić information content (AvgIpc) is 2.83. The summed E-state index contributed by atoms with van der Waals surface area (Å²) in [5.74, 6) is 0.634. The van der Waals surface area contributed by atoms with Crippen LogP contribution in [0.1, 0.15) is 15.4 Å². The fourth-order valence-corrected chi connectivity index (χ4v) is 2.03. The third-order valence-electron chi connectivity index (χ3n) is 1.96. The summed E-state index contributed by atoms with van der Waals surface area (Å²) in [7, 11) is 0. The minimum atomic E-state index is 0.551. The predicted octanol–water partition coefficient (Wildman–Crippen LogP) is 1.82. The minimum absolute atomic E-state index is 0.551. The molecular formula is C10H13N3OS. The third-order valence-corrected chi connectivity index (χ3v) is 3.04. The van der Waals surface area contributed by atoms with Crippen LogP contribution < -0.4 is 10.5 Å². The molecule has 2 aromatic rings. The van der Waals surface area contributed by atoms with Gasteiger partial charge < -0.3 is 10.5 Å². The van der Waals surface area contributed by atoms with Crippen molar-refractivity contribution in [2.24, 2.45) is 5.73 Å². The van der Waals surface area contributed by atoms with Crippen LogP contribution >= 0.6 is 11.3 Å². The maximum atomic E-state index is 5.53. The lowest BCUT2D eigenvalue weighted by atomic mass is 10.4. The topological polar surface area (TPSA) is 63.9 Å². The summed E-state index contributed by atoms with van der Waals surface area (Å²) >= 11 is 1.67. The Balaban J connectivity index is 1.93. The lowest BCUT2D eigenvalue weighted by molar-refractivity contribution is 0.297. The van der Waals surface area contributed by atoms with E-state index in [2.05, 4.69) is 10.2 Å². The Morgan fingerprint density at radius 2 is 2.27 bits per heavy atom. The van der Waals surface area contributed by atoms with Gasteiger partial charge in [-0.05, 0) is 19.1 Å². The van der Waals surface area contributed by atoms with Crippen molar-refractivity contribution < 1.29 is 4.74 Å². The Labute approximate surface area is 92.1 Å². The third kappa shape index (κ3) is 2.57. The molecule has 0 aliphatic heterocycles. The SMILES string of the molecule is Cc1cc(OCc2ccc(CN)s2)n[nH]1. The van der Waals surface area contributed by atoms with Gasteiger partial charge in [0.1, 0.15) is 6.61 Å². The highest BCUT2D eigenvalue weighted by atomic mass is 32.1. The largest absolute Gasteiger partial charge is 0.471 e. The van der Waals surface area contributed by atoms with Crippen molar-refractivity contribution in [3.63, 3.8) is 0 Å². The number of aryl methyl sites for hydroxylation is 1. The Morgan fingerprint density at radius 1 is 1.47 bits per heavy atom. The highest BCUT2D eigenvalue weighted by molar-refractivity contribution is 7.11. The Hall–Kier alpha value is -1.33. The smallest absolute Gasteiger partial charge is 0.233 e. The summed E-state index contributed by atoms with van der Waals surface area (Å²) < 4.78 is 5.50. The zero-order chi connectivity index (χ0) is 10.7. The molecular weight excluding hydrogens is 210 g/mol. The number of aromatic amines is 1. The number of ether oxygens (including phenoxy) is 1. The van der Waals surface area contributed by atoms with E-state index in [0.29, 0.717) is 19.0 Å². The second-order valence-electron chi connectivity index (χ2n) is 3.25. The fourth-order valence-electron chi connectivity index (χ4n) is 1.22. The van der Waals surface area contributed by atoms with Crippen molar-refractivity contribution in [2.75, 3.05) is 0 Å². The number of hydrogen-bond acceptors (Lipinski definition) is 4. The van der Waals surface area contributed by atoms with Crippen molar-refractivity contribution in [3.05, 3.63) is 33.6 Å². The van der Waals surface area contributed by atoms with Gasteiger partial charge >= 0.3 is 0 Å². The summed E-state index contributed by atoms with van der Waals surface area (Å²) in [5, 5.41) is 6.82. The fraction of sp³-hybridized carbons (Fsp3) is 0.300. The lowest BCUT2D eigenvalue weighted by Gasteiger charge is -1.98. The van der Waals surface area contributed by atoms with E-state index in [-0.39, 0.29) is 0 Å². The standard InChI is InChI=1S/C10H13N3OS/c1-7-4-10(13-12-7)14-6-9-3-2-8(5-11)15-9/h2-4H,5-6,11H2,1H3,(H,12,13). The molecule has 0 saturated heterocycles. The van der Waals surface area contributed by atoms with Crippen LogP contribution in [0.25, 0.3) is 0 Å². The van der Waals surface area contributed by atoms with Crippen LogP contribution in [0, 0.1) is 6.92 Å². The highest BCUT2D eigenvalue weighted by Gasteiger charge is 2.02. The number of nitrogens with one attached hydrogen (secondary N) is 1. The zero-order valence-electron chi connectivity index (χ0n) is 8.49. The minimum Gasteiger partial charge on any atom is -0.471 e. The van der Waals surface area contributed by atoms with E-state index < -0.39 is 0 Å². The van der Waals surface area contributed by atoms with E-state index in [1.165, 1.54) is 4.88 Å². The molecule has 0 aliphatic rings. The van der Waals surface area contributed by atoms with E-state index in [1.807, 2.05) is 25.1 Å². The molecule has 0 saturated carbocycles. The van der Waals surface area contributed by atoms with Gasteiger partial charge in [-0.25, -0.2) is 0 Å². The molecule has 2 rings (SSSR count). The highest BCUT2D eigenvalue weighted by Crippen LogP contribution is 2.18. The number of hydrogen-bond donors (Lipinski definition) is 2.